The molecule has 0 bridgehead atoms. The number of carbonyl (C=O) groups excluding carboxylic acids is 1. The van der Waals surface area contributed by atoms with Gasteiger partial charge in [-0.25, -0.2) is 0 Å². The van der Waals surface area contributed by atoms with E-state index in [0.29, 0.717) is 37.1 Å². The number of amides is 1. The number of aromatic nitrogens is 1. The van der Waals surface area contributed by atoms with Crippen molar-refractivity contribution in [3.8, 4) is 6.07 Å². The van der Waals surface area contributed by atoms with Crippen LogP contribution in [-0.2, 0) is 17.6 Å². The summed E-state index contributed by atoms with van der Waals surface area (Å²) in [5.41, 5.74) is 1.94. The molecule has 1 amide bonds. The summed E-state index contributed by atoms with van der Waals surface area (Å²) in [5.74, 6) is 1.63. The number of nitriles is 1. The highest BCUT2D eigenvalue weighted by atomic mass is 16.3. The van der Waals surface area contributed by atoms with Crippen LogP contribution < -0.4 is 10.9 Å². The summed E-state index contributed by atoms with van der Waals surface area (Å²) < 4.78 is 5.45. The van der Waals surface area contributed by atoms with Gasteiger partial charge in [-0.3, -0.25) is 9.59 Å². The van der Waals surface area contributed by atoms with Gasteiger partial charge in [-0.2, -0.15) is 5.26 Å². The second-order valence-electron chi connectivity index (χ2n) is 5.78. The van der Waals surface area contributed by atoms with Gasteiger partial charge in [0, 0.05) is 25.1 Å². The summed E-state index contributed by atoms with van der Waals surface area (Å²) in [5, 5.41) is 11.9. The lowest BCUT2D eigenvalue weighted by atomic mass is 9.99. The van der Waals surface area contributed by atoms with E-state index >= 15 is 0 Å². The van der Waals surface area contributed by atoms with Crippen LogP contribution in [0.1, 0.15) is 40.3 Å². The molecular weight excluding hydrogens is 306 g/mol. The molecule has 126 valence electrons. The van der Waals surface area contributed by atoms with Gasteiger partial charge in [-0.15, -0.1) is 0 Å². The summed E-state index contributed by atoms with van der Waals surface area (Å²) in [4.78, 5) is 26.3. The van der Waals surface area contributed by atoms with Gasteiger partial charge in [-0.1, -0.05) is 0 Å². The molecule has 0 aliphatic heterocycles. The third kappa shape index (κ3) is 4.13. The molecule has 0 saturated heterocycles. The first-order chi connectivity index (χ1) is 11.4. The van der Waals surface area contributed by atoms with Gasteiger partial charge in [0.25, 0.3) is 5.56 Å². The van der Waals surface area contributed by atoms with E-state index in [-0.39, 0.29) is 17.0 Å². The first-order valence-corrected chi connectivity index (χ1v) is 7.87. The van der Waals surface area contributed by atoms with Gasteiger partial charge in [-0.05, 0) is 50.5 Å². The fourth-order valence-corrected chi connectivity index (χ4v) is 2.69. The van der Waals surface area contributed by atoms with Crippen LogP contribution in [0.2, 0.25) is 0 Å². The fraction of sp³-hybridized carbons (Fsp3) is 0.389. The SMILES string of the molecule is Cc1ccc(CCNC(=O)CCc2c(C)[nH]c(=O)c(C#N)c2C)o1. The molecule has 0 aliphatic carbocycles. The summed E-state index contributed by atoms with van der Waals surface area (Å²) in [6.07, 6.45) is 1.43. The van der Waals surface area contributed by atoms with Crippen molar-refractivity contribution in [1.82, 2.24) is 10.3 Å². The highest BCUT2D eigenvalue weighted by Crippen LogP contribution is 2.14. The number of H-pyrrole nitrogens is 1. The Kier molecular flexibility index (Phi) is 5.59. The molecule has 2 rings (SSSR count). The number of nitrogens with one attached hydrogen (secondary N) is 2. The zero-order chi connectivity index (χ0) is 17.7. The second-order valence-corrected chi connectivity index (χ2v) is 5.78. The Morgan fingerprint density at radius 1 is 1.29 bits per heavy atom. The average molecular weight is 327 g/mol. The molecule has 24 heavy (non-hydrogen) atoms. The lowest BCUT2D eigenvalue weighted by Crippen LogP contribution is -2.26. The Hall–Kier alpha value is -2.81. The van der Waals surface area contributed by atoms with Crippen LogP contribution in [0, 0.1) is 32.1 Å². The minimum atomic E-state index is -0.380. The quantitative estimate of drug-likeness (QED) is 0.848. The van der Waals surface area contributed by atoms with Gasteiger partial charge in [0.2, 0.25) is 5.91 Å². The normalized spacial score (nSPS) is 10.4. The van der Waals surface area contributed by atoms with E-state index < -0.39 is 0 Å². The Bertz CT molecular complexity index is 840. The molecule has 0 radical (unpaired) electrons. The lowest BCUT2D eigenvalue weighted by Gasteiger charge is -2.11. The second kappa shape index (κ2) is 7.64. The topological polar surface area (TPSA) is 98.9 Å². The molecule has 2 N–H and O–H groups in total. The number of pyridine rings is 1. The summed E-state index contributed by atoms with van der Waals surface area (Å²) in [7, 11) is 0. The summed E-state index contributed by atoms with van der Waals surface area (Å²) in [6, 6.07) is 5.71. The summed E-state index contributed by atoms with van der Waals surface area (Å²) in [6.45, 7) is 5.92. The molecule has 2 aromatic heterocycles. The number of rotatable bonds is 6. The van der Waals surface area contributed by atoms with Crippen LogP contribution in [0.5, 0.6) is 0 Å². The van der Waals surface area contributed by atoms with Crippen molar-refractivity contribution in [2.45, 2.75) is 40.0 Å². The minimum absolute atomic E-state index is 0.0678. The molecule has 2 aromatic rings. The maximum Gasteiger partial charge on any atom is 0.266 e. The van der Waals surface area contributed by atoms with Crippen molar-refractivity contribution < 1.29 is 9.21 Å². The smallest absolute Gasteiger partial charge is 0.266 e. The first-order valence-electron chi connectivity index (χ1n) is 7.87. The van der Waals surface area contributed by atoms with Crippen molar-refractivity contribution in [3.05, 3.63) is 56.4 Å². The maximum absolute atomic E-state index is 12.0. The number of aromatic amines is 1. The zero-order valence-corrected chi connectivity index (χ0v) is 14.2. The number of aryl methyl sites for hydroxylation is 2. The van der Waals surface area contributed by atoms with Crippen molar-refractivity contribution in [3.63, 3.8) is 0 Å². The molecular formula is C18H21N3O3. The van der Waals surface area contributed by atoms with Gasteiger partial charge in [0.05, 0.1) is 0 Å². The predicted molar refractivity (Wildman–Crippen MR) is 89.7 cm³/mol. The van der Waals surface area contributed by atoms with Crippen LogP contribution in [0.4, 0.5) is 0 Å². The summed E-state index contributed by atoms with van der Waals surface area (Å²) >= 11 is 0. The molecule has 0 fully saturated rings. The molecule has 2 heterocycles. The molecule has 0 aliphatic rings. The molecule has 0 atom stereocenters. The number of carbonyl (C=O) groups is 1. The van der Waals surface area contributed by atoms with Gasteiger partial charge >= 0.3 is 0 Å². The molecule has 0 aromatic carbocycles. The predicted octanol–water partition coefficient (Wildman–Crippen LogP) is 2.06. The molecule has 0 spiro atoms. The van der Waals surface area contributed by atoms with E-state index in [0.717, 1.165) is 17.1 Å². The third-order valence-corrected chi connectivity index (χ3v) is 4.01. The van der Waals surface area contributed by atoms with Crippen LogP contribution in [0.15, 0.2) is 21.3 Å². The maximum atomic E-state index is 12.0. The van der Waals surface area contributed by atoms with Crippen molar-refractivity contribution in [1.29, 1.82) is 5.26 Å². The monoisotopic (exact) mass is 327 g/mol. The van der Waals surface area contributed by atoms with Crippen LogP contribution in [0.25, 0.3) is 0 Å². The molecule has 6 heteroatoms. The third-order valence-electron chi connectivity index (χ3n) is 4.01. The highest BCUT2D eigenvalue weighted by Gasteiger charge is 2.13. The minimum Gasteiger partial charge on any atom is -0.466 e. The van der Waals surface area contributed by atoms with Crippen molar-refractivity contribution >= 4 is 5.91 Å². The van der Waals surface area contributed by atoms with Crippen LogP contribution in [0.3, 0.4) is 0 Å². The fourth-order valence-electron chi connectivity index (χ4n) is 2.69. The van der Waals surface area contributed by atoms with Gasteiger partial charge in [0.1, 0.15) is 23.2 Å². The zero-order valence-electron chi connectivity index (χ0n) is 14.2. The number of hydrogen-bond donors (Lipinski definition) is 2. The average Bonchev–Trinajstić information content (AvgIpc) is 2.92. The van der Waals surface area contributed by atoms with Crippen LogP contribution >= 0.6 is 0 Å². The number of hydrogen-bond acceptors (Lipinski definition) is 4. The van der Waals surface area contributed by atoms with E-state index in [1.807, 2.05) is 25.1 Å². The first kappa shape index (κ1) is 17.5. The lowest BCUT2D eigenvalue weighted by molar-refractivity contribution is -0.121. The van der Waals surface area contributed by atoms with Crippen LogP contribution in [-0.4, -0.2) is 17.4 Å². The Morgan fingerprint density at radius 3 is 2.67 bits per heavy atom. The molecule has 0 saturated carbocycles. The standard InChI is InChI=1S/C18H21N3O3/c1-11-4-5-14(24-11)8-9-20-17(22)7-6-15-12(2)16(10-19)18(23)21-13(15)3/h4-5H,6-9H2,1-3H3,(H,20,22)(H,21,23). The Morgan fingerprint density at radius 2 is 2.04 bits per heavy atom. The Labute approximate surface area is 140 Å². The Balaban J connectivity index is 1.90. The van der Waals surface area contributed by atoms with E-state index in [2.05, 4.69) is 10.3 Å². The van der Waals surface area contributed by atoms with Crippen molar-refractivity contribution in [2.75, 3.05) is 6.54 Å². The molecule has 6 nitrogen and oxygen atoms in total. The number of nitrogens with zero attached hydrogens (tertiary/aromatic N) is 1. The van der Waals surface area contributed by atoms with Gasteiger partial charge in [0.15, 0.2) is 0 Å². The molecule has 0 unspecified atom stereocenters. The van der Waals surface area contributed by atoms with E-state index in [1.54, 1.807) is 13.8 Å². The van der Waals surface area contributed by atoms with E-state index in [4.69, 9.17) is 9.68 Å². The highest BCUT2D eigenvalue weighted by molar-refractivity contribution is 5.76. The van der Waals surface area contributed by atoms with Crippen molar-refractivity contribution in [2.24, 2.45) is 0 Å². The van der Waals surface area contributed by atoms with E-state index in [1.165, 1.54) is 0 Å². The van der Waals surface area contributed by atoms with Gasteiger partial charge < -0.3 is 14.7 Å². The number of furan rings is 1. The largest absolute Gasteiger partial charge is 0.466 e. The van der Waals surface area contributed by atoms with E-state index in [9.17, 15) is 9.59 Å².